The third kappa shape index (κ3) is 2.71. The molecule has 5 rings (SSSR count). The number of rotatable bonds is 2. The fourth-order valence-electron chi connectivity index (χ4n) is 3.85. The molecule has 0 amide bonds. The summed E-state index contributed by atoms with van der Waals surface area (Å²) in [6.45, 7) is 0. The summed E-state index contributed by atoms with van der Waals surface area (Å²) in [6.07, 6.45) is 1.69. The van der Waals surface area contributed by atoms with E-state index in [0.29, 0.717) is 27.7 Å². The van der Waals surface area contributed by atoms with Gasteiger partial charge >= 0.3 is 0 Å². The van der Waals surface area contributed by atoms with Crippen molar-refractivity contribution in [2.45, 2.75) is 5.92 Å². The van der Waals surface area contributed by atoms with Crippen molar-refractivity contribution in [2.75, 3.05) is 7.11 Å². The maximum atomic E-state index is 9.85. The maximum absolute atomic E-state index is 9.85. The molecule has 0 fully saturated rings. The second-order valence-corrected chi connectivity index (χ2v) is 7.27. The van der Waals surface area contributed by atoms with E-state index in [9.17, 15) is 5.26 Å². The van der Waals surface area contributed by atoms with Crippen LogP contribution in [0, 0.1) is 11.3 Å². The molecule has 0 spiro atoms. The van der Waals surface area contributed by atoms with Gasteiger partial charge < -0.3 is 15.2 Å². The van der Waals surface area contributed by atoms with Crippen LogP contribution in [-0.4, -0.2) is 17.1 Å². The Labute approximate surface area is 177 Å². The average Bonchev–Trinajstić information content (AvgIpc) is 2.77. The second kappa shape index (κ2) is 6.90. The SMILES string of the molecule is COc1ccc2nc(Cl)c(C3C(C#N)=C(N)Oc4c3ccc3cccnc43)cc2c1. The highest BCUT2D eigenvalue weighted by atomic mass is 35.5. The lowest BCUT2D eigenvalue weighted by Crippen LogP contribution is -2.21. The highest BCUT2D eigenvalue weighted by Crippen LogP contribution is 2.46. The molecule has 1 aliphatic heterocycles. The zero-order chi connectivity index (χ0) is 20.8. The van der Waals surface area contributed by atoms with E-state index in [1.165, 1.54) is 0 Å². The van der Waals surface area contributed by atoms with Crippen LogP contribution in [0.3, 0.4) is 0 Å². The predicted molar refractivity (Wildman–Crippen MR) is 114 cm³/mol. The molecule has 146 valence electrons. The third-order valence-corrected chi connectivity index (χ3v) is 5.57. The first kappa shape index (κ1) is 18.2. The van der Waals surface area contributed by atoms with Crippen LogP contribution in [0.4, 0.5) is 0 Å². The number of hydrogen-bond acceptors (Lipinski definition) is 6. The molecule has 2 aromatic carbocycles. The number of benzene rings is 2. The van der Waals surface area contributed by atoms with Crippen LogP contribution in [-0.2, 0) is 0 Å². The van der Waals surface area contributed by atoms with Crippen LogP contribution in [0.15, 0.2) is 66.2 Å². The number of methoxy groups -OCH3 is 1. The van der Waals surface area contributed by atoms with Crippen LogP contribution in [0.2, 0.25) is 5.15 Å². The summed E-state index contributed by atoms with van der Waals surface area (Å²) >= 11 is 6.59. The van der Waals surface area contributed by atoms with Gasteiger partial charge in [-0.2, -0.15) is 5.26 Å². The number of ether oxygens (including phenoxy) is 2. The molecule has 6 nitrogen and oxygen atoms in total. The van der Waals surface area contributed by atoms with E-state index in [4.69, 9.17) is 26.8 Å². The molecule has 0 bridgehead atoms. The molecule has 0 saturated carbocycles. The molecule has 4 aromatic rings. The van der Waals surface area contributed by atoms with E-state index in [0.717, 1.165) is 21.9 Å². The molecule has 0 aliphatic carbocycles. The number of pyridine rings is 2. The number of halogens is 1. The number of nitrogens with zero attached hydrogens (tertiary/aromatic N) is 3. The van der Waals surface area contributed by atoms with Crippen LogP contribution >= 0.6 is 11.6 Å². The minimum atomic E-state index is -0.527. The van der Waals surface area contributed by atoms with Gasteiger partial charge in [0.25, 0.3) is 0 Å². The fraction of sp³-hybridized carbons (Fsp3) is 0.0870. The number of nitriles is 1. The van der Waals surface area contributed by atoms with Crippen molar-refractivity contribution in [3.63, 3.8) is 0 Å². The monoisotopic (exact) mass is 414 g/mol. The third-order valence-electron chi connectivity index (χ3n) is 5.27. The minimum absolute atomic E-state index is 0.0370. The summed E-state index contributed by atoms with van der Waals surface area (Å²) in [6, 6.07) is 17.3. The van der Waals surface area contributed by atoms with Gasteiger partial charge in [0.15, 0.2) is 5.75 Å². The van der Waals surface area contributed by atoms with Gasteiger partial charge in [-0.25, -0.2) is 4.98 Å². The maximum Gasteiger partial charge on any atom is 0.205 e. The summed E-state index contributed by atoms with van der Waals surface area (Å²) in [4.78, 5) is 8.99. The molecule has 2 N–H and O–H groups in total. The fourth-order valence-corrected chi connectivity index (χ4v) is 4.11. The normalized spacial score (nSPS) is 15.6. The van der Waals surface area contributed by atoms with Crippen molar-refractivity contribution in [3.05, 3.63) is 82.5 Å². The molecular formula is C23H15ClN4O2. The van der Waals surface area contributed by atoms with E-state index >= 15 is 0 Å². The molecule has 0 radical (unpaired) electrons. The van der Waals surface area contributed by atoms with Gasteiger partial charge in [0.2, 0.25) is 5.88 Å². The highest BCUT2D eigenvalue weighted by molar-refractivity contribution is 6.30. The number of hydrogen-bond donors (Lipinski definition) is 1. The number of allylic oxidation sites excluding steroid dienone is 1. The molecule has 0 saturated heterocycles. The van der Waals surface area contributed by atoms with Gasteiger partial charge in [0.1, 0.15) is 28.1 Å². The second-order valence-electron chi connectivity index (χ2n) is 6.91. The van der Waals surface area contributed by atoms with Gasteiger partial charge in [0, 0.05) is 28.1 Å². The smallest absolute Gasteiger partial charge is 0.205 e. The van der Waals surface area contributed by atoms with E-state index in [1.807, 2.05) is 48.5 Å². The summed E-state index contributed by atoms with van der Waals surface area (Å²) in [5.74, 6) is 0.739. The van der Waals surface area contributed by atoms with Crippen molar-refractivity contribution in [1.82, 2.24) is 9.97 Å². The van der Waals surface area contributed by atoms with Crippen LogP contribution in [0.5, 0.6) is 11.5 Å². The largest absolute Gasteiger partial charge is 0.497 e. The lowest BCUT2D eigenvalue weighted by Gasteiger charge is -2.27. The molecule has 3 heterocycles. The summed E-state index contributed by atoms with van der Waals surface area (Å²) in [5, 5.41) is 11.9. The molecule has 7 heteroatoms. The van der Waals surface area contributed by atoms with Crippen molar-refractivity contribution >= 4 is 33.4 Å². The zero-order valence-corrected chi connectivity index (χ0v) is 16.6. The average molecular weight is 415 g/mol. The Hall–Kier alpha value is -3.82. The van der Waals surface area contributed by atoms with E-state index in [-0.39, 0.29) is 11.5 Å². The molecule has 1 atom stereocenters. The van der Waals surface area contributed by atoms with E-state index in [2.05, 4.69) is 16.0 Å². The minimum Gasteiger partial charge on any atom is -0.497 e. The summed E-state index contributed by atoms with van der Waals surface area (Å²) in [7, 11) is 1.61. The lowest BCUT2D eigenvalue weighted by molar-refractivity contribution is 0.397. The molecule has 30 heavy (non-hydrogen) atoms. The Morgan fingerprint density at radius 1 is 1.13 bits per heavy atom. The first-order valence-corrected chi connectivity index (χ1v) is 9.58. The van der Waals surface area contributed by atoms with E-state index < -0.39 is 5.92 Å². The zero-order valence-electron chi connectivity index (χ0n) is 15.9. The lowest BCUT2D eigenvalue weighted by atomic mass is 9.83. The first-order chi connectivity index (χ1) is 14.6. The Balaban J connectivity index is 1.80. The van der Waals surface area contributed by atoms with Crippen LogP contribution in [0.1, 0.15) is 17.0 Å². The van der Waals surface area contributed by atoms with Crippen LogP contribution < -0.4 is 15.2 Å². The van der Waals surface area contributed by atoms with Crippen LogP contribution in [0.25, 0.3) is 21.8 Å². The predicted octanol–water partition coefficient (Wildman–Crippen LogP) is 4.66. The molecule has 2 aromatic heterocycles. The number of fused-ring (bicyclic) bond motifs is 4. The number of nitrogens with two attached hydrogens (primary N) is 1. The molecular weight excluding hydrogens is 400 g/mol. The first-order valence-electron chi connectivity index (χ1n) is 9.20. The van der Waals surface area contributed by atoms with Gasteiger partial charge in [-0.05, 0) is 30.3 Å². The van der Waals surface area contributed by atoms with E-state index in [1.54, 1.807) is 13.3 Å². The highest BCUT2D eigenvalue weighted by Gasteiger charge is 2.34. The molecule has 1 aliphatic rings. The molecule has 1 unspecified atom stereocenters. The van der Waals surface area contributed by atoms with Gasteiger partial charge in [0.05, 0.1) is 18.5 Å². The van der Waals surface area contributed by atoms with Gasteiger partial charge in [-0.1, -0.05) is 29.8 Å². The standard InChI is InChI=1S/C23H15ClN4O2/c1-29-14-5-7-18-13(9-14)10-16(22(24)28-18)19-15-6-4-12-3-2-8-27-20(12)21(15)30-23(26)17(19)11-25/h2-10,19H,26H2,1H3. The van der Waals surface area contributed by atoms with Gasteiger partial charge in [-0.15, -0.1) is 0 Å². The summed E-state index contributed by atoms with van der Waals surface area (Å²) in [5.41, 5.74) is 9.26. The Bertz CT molecular complexity index is 1410. The number of aromatic nitrogens is 2. The topological polar surface area (TPSA) is 94.0 Å². The van der Waals surface area contributed by atoms with Crippen molar-refractivity contribution in [3.8, 4) is 17.6 Å². The quantitative estimate of drug-likeness (QED) is 0.479. The van der Waals surface area contributed by atoms with Gasteiger partial charge in [-0.3, -0.25) is 4.98 Å². The Morgan fingerprint density at radius 3 is 2.80 bits per heavy atom. The van der Waals surface area contributed by atoms with Crippen molar-refractivity contribution in [2.24, 2.45) is 5.73 Å². The van der Waals surface area contributed by atoms with Crippen molar-refractivity contribution in [1.29, 1.82) is 5.26 Å². The Kier molecular flexibility index (Phi) is 4.19. The Morgan fingerprint density at radius 2 is 2.00 bits per heavy atom. The summed E-state index contributed by atoms with van der Waals surface area (Å²) < 4.78 is 11.2. The van der Waals surface area contributed by atoms with Crippen molar-refractivity contribution < 1.29 is 9.47 Å².